The van der Waals surface area contributed by atoms with E-state index < -0.39 is 0 Å². The van der Waals surface area contributed by atoms with Gasteiger partial charge >= 0.3 is 0 Å². The zero-order valence-corrected chi connectivity index (χ0v) is 7.12. The highest BCUT2D eigenvalue weighted by Crippen LogP contribution is 2.06. The van der Waals surface area contributed by atoms with Crippen molar-refractivity contribution in [3.63, 3.8) is 0 Å². The standard InChI is InChI=1S/C9H14N2O/c1-3-9(10-4-1)7-11-5-2-6-12-8-11/h1,3-4,10H,2,5-8H2. The fourth-order valence-electron chi connectivity index (χ4n) is 1.48. The Morgan fingerprint density at radius 2 is 2.58 bits per heavy atom. The lowest BCUT2D eigenvalue weighted by molar-refractivity contribution is -0.0181. The van der Waals surface area contributed by atoms with Crippen molar-refractivity contribution in [1.29, 1.82) is 0 Å². The smallest absolute Gasteiger partial charge is 0.0993 e. The van der Waals surface area contributed by atoms with Crippen molar-refractivity contribution in [2.75, 3.05) is 19.9 Å². The minimum Gasteiger partial charge on any atom is -0.366 e. The molecule has 0 amide bonds. The molecule has 1 aromatic rings. The first-order valence-corrected chi connectivity index (χ1v) is 4.37. The van der Waals surface area contributed by atoms with E-state index in [2.05, 4.69) is 16.0 Å². The zero-order chi connectivity index (χ0) is 8.23. The molecule has 0 bridgehead atoms. The molecule has 0 saturated carbocycles. The molecule has 2 rings (SSSR count). The van der Waals surface area contributed by atoms with Gasteiger partial charge in [0.2, 0.25) is 0 Å². The van der Waals surface area contributed by atoms with Gasteiger partial charge < -0.3 is 9.72 Å². The lowest BCUT2D eigenvalue weighted by Gasteiger charge is -2.25. The third-order valence-corrected chi connectivity index (χ3v) is 2.09. The number of H-pyrrole nitrogens is 1. The molecule has 12 heavy (non-hydrogen) atoms. The molecule has 0 unspecified atom stereocenters. The van der Waals surface area contributed by atoms with Crippen molar-refractivity contribution in [3.05, 3.63) is 24.0 Å². The van der Waals surface area contributed by atoms with Crippen LogP contribution >= 0.6 is 0 Å². The number of hydrogen-bond donors (Lipinski definition) is 1. The van der Waals surface area contributed by atoms with Crippen LogP contribution in [0.4, 0.5) is 0 Å². The van der Waals surface area contributed by atoms with Gasteiger partial charge in [-0.3, -0.25) is 4.90 Å². The summed E-state index contributed by atoms with van der Waals surface area (Å²) < 4.78 is 5.34. The highest BCUT2D eigenvalue weighted by molar-refractivity contribution is 5.03. The molecule has 1 saturated heterocycles. The molecule has 0 aromatic carbocycles. The summed E-state index contributed by atoms with van der Waals surface area (Å²) in [4.78, 5) is 5.49. The summed E-state index contributed by atoms with van der Waals surface area (Å²) in [7, 11) is 0. The van der Waals surface area contributed by atoms with Gasteiger partial charge in [-0.25, -0.2) is 0 Å². The minimum absolute atomic E-state index is 0.777. The van der Waals surface area contributed by atoms with Crippen LogP contribution in [0.3, 0.4) is 0 Å². The van der Waals surface area contributed by atoms with Crippen LogP contribution in [0.2, 0.25) is 0 Å². The second-order valence-electron chi connectivity index (χ2n) is 3.14. The number of hydrogen-bond acceptors (Lipinski definition) is 2. The van der Waals surface area contributed by atoms with E-state index in [9.17, 15) is 0 Å². The third kappa shape index (κ3) is 1.87. The van der Waals surface area contributed by atoms with E-state index in [1.54, 1.807) is 0 Å². The molecule has 2 heterocycles. The van der Waals surface area contributed by atoms with Gasteiger partial charge in [-0.1, -0.05) is 0 Å². The average molecular weight is 166 g/mol. The largest absolute Gasteiger partial charge is 0.366 e. The summed E-state index contributed by atoms with van der Waals surface area (Å²) in [6, 6.07) is 4.13. The van der Waals surface area contributed by atoms with Gasteiger partial charge in [0.1, 0.15) is 0 Å². The van der Waals surface area contributed by atoms with Gasteiger partial charge in [-0.15, -0.1) is 0 Å². The van der Waals surface area contributed by atoms with E-state index in [-0.39, 0.29) is 0 Å². The molecule has 3 nitrogen and oxygen atoms in total. The Balaban J connectivity index is 1.86. The monoisotopic (exact) mass is 166 g/mol. The molecular formula is C9H14N2O. The van der Waals surface area contributed by atoms with Crippen molar-refractivity contribution < 1.29 is 4.74 Å². The van der Waals surface area contributed by atoms with Gasteiger partial charge in [0, 0.05) is 31.6 Å². The molecule has 1 aliphatic rings. The van der Waals surface area contributed by atoms with E-state index >= 15 is 0 Å². The number of nitrogens with one attached hydrogen (secondary N) is 1. The van der Waals surface area contributed by atoms with Crippen molar-refractivity contribution in [1.82, 2.24) is 9.88 Å². The number of ether oxygens (including phenoxy) is 1. The molecule has 0 aliphatic carbocycles. The molecule has 1 N–H and O–H groups in total. The lowest BCUT2D eigenvalue weighted by Crippen LogP contribution is -2.32. The van der Waals surface area contributed by atoms with Crippen LogP contribution in [-0.2, 0) is 11.3 Å². The molecular weight excluding hydrogens is 152 g/mol. The summed E-state index contributed by atoms with van der Waals surface area (Å²) in [5.74, 6) is 0. The lowest BCUT2D eigenvalue weighted by atomic mass is 10.3. The van der Waals surface area contributed by atoms with Gasteiger partial charge in [-0.2, -0.15) is 0 Å². The molecule has 0 atom stereocenters. The maximum absolute atomic E-state index is 5.34. The summed E-state index contributed by atoms with van der Waals surface area (Å²) in [5, 5.41) is 0. The Hall–Kier alpha value is -0.800. The van der Waals surface area contributed by atoms with E-state index in [1.807, 2.05) is 12.3 Å². The summed E-state index contributed by atoms with van der Waals surface area (Å²) >= 11 is 0. The van der Waals surface area contributed by atoms with Crippen LogP contribution in [0.5, 0.6) is 0 Å². The van der Waals surface area contributed by atoms with Crippen LogP contribution in [0, 0.1) is 0 Å². The predicted octanol–water partition coefficient (Wildman–Crippen LogP) is 1.19. The fraction of sp³-hybridized carbons (Fsp3) is 0.556. The Morgan fingerprint density at radius 1 is 1.58 bits per heavy atom. The summed E-state index contributed by atoms with van der Waals surface area (Å²) in [6.07, 6.45) is 3.11. The maximum Gasteiger partial charge on any atom is 0.0993 e. The molecule has 1 fully saturated rings. The SMILES string of the molecule is c1c[nH]c(CN2CCCOC2)c1. The first-order valence-electron chi connectivity index (χ1n) is 4.37. The average Bonchev–Trinajstić information content (AvgIpc) is 2.59. The van der Waals surface area contributed by atoms with Crippen molar-refractivity contribution in [2.24, 2.45) is 0 Å². The molecule has 1 aromatic heterocycles. The third-order valence-electron chi connectivity index (χ3n) is 2.09. The number of nitrogens with zero attached hydrogens (tertiary/aromatic N) is 1. The quantitative estimate of drug-likeness (QED) is 0.715. The van der Waals surface area contributed by atoms with Gasteiger partial charge in [0.05, 0.1) is 6.73 Å². The topological polar surface area (TPSA) is 28.3 Å². The van der Waals surface area contributed by atoms with Crippen LogP contribution in [0.25, 0.3) is 0 Å². The summed E-state index contributed by atoms with van der Waals surface area (Å²) in [5.41, 5.74) is 1.26. The Morgan fingerprint density at radius 3 is 3.25 bits per heavy atom. The zero-order valence-electron chi connectivity index (χ0n) is 7.12. The highest BCUT2D eigenvalue weighted by Gasteiger charge is 2.10. The molecule has 66 valence electrons. The van der Waals surface area contributed by atoms with Gasteiger partial charge in [0.15, 0.2) is 0 Å². The molecule has 1 aliphatic heterocycles. The maximum atomic E-state index is 5.34. The van der Waals surface area contributed by atoms with Crippen molar-refractivity contribution in [2.45, 2.75) is 13.0 Å². The molecule has 0 spiro atoms. The molecule has 0 radical (unpaired) electrons. The Bertz CT molecular complexity index is 214. The van der Waals surface area contributed by atoms with Gasteiger partial charge in [0.25, 0.3) is 0 Å². The number of aromatic amines is 1. The van der Waals surface area contributed by atoms with E-state index in [1.165, 1.54) is 5.69 Å². The van der Waals surface area contributed by atoms with E-state index in [0.29, 0.717) is 0 Å². The fourth-order valence-corrected chi connectivity index (χ4v) is 1.48. The first-order chi connectivity index (χ1) is 5.95. The molecule has 3 heteroatoms. The first kappa shape index (κ1) is 7.83. The summed E-state index contributed by atoms with van der Waals surface area (Å²) in [6.45, 7) is 3.83. The number of aromatic nitrogens is 1. The van der Waals surface area contributed by atoms with E-state index in [0.717, 1.165) is 32.8 Å². The van der Waals surface area contributed by atoms with Crippen LogP contribution < -0.4 is 0 Å². The Kier molecular flexibility index (Phi) is 2.44. The van der Waals surface area contributed by atoms with Gasteiger partial charge in [-0.05, 0) is 18.6 Å². The number of rotatable bonds is 2. The van der Waals surface area contributed by atoms with Crippen molar-refractivity contribution in [3.8, 4) is 0 Å². The van der Waals surface area contributed by atoms with Crippen LogP contribution in [0.1, 0.15) is 12.1 Å². The second kappa shape index (κ2) is 3.74. The minimum atomic E-state index is 0.777. The highest BCUT2D eigenvalue weighted by atomic mass is 16.5. The van der Waals surface area contributed by atoms with Crippen LogP contribution in [-0.4, -0.2) is 29.8 Å². The second-order valence-corrected chi connectivity index (χ2v) is 3.14. The predicted molar refractivity (Wildman–Crippen MR) is 46.6 cm³/mol. The normalized spacial score (nSPS) is 19.7. The van der Waals surface area contributed by atoms with Crippen molar-refractivity contribution >= 4 is 0 Å². The van der Waals surface area contributed by atoms with E-state index in [4.69, 9.17) is 4.74 Å². The van der Waals surface area contributed by atoms with Crippen LogP contribution in [0.15, 0.2) is 18.3 Å². The Labute approximate surface area is 72.3 Å².